The summed E-state index contributed by atoms with van der Waals surface area (Å²) in [5.41, 5.74) is 1.45. The van der Waals surface area contributed by atoms with Gasteiger partial charge in [-0.1, -0.05) is 0 Å². The van der Waals surface area contributed by atoms with Crippen LogP contribution in [0.2, 0.25) is 0 Å². The van der Waals surface area contributed by atoms with Gasteiger partial charge in [-0.15, -0.1) is 10.2 Å². The van der Waals surface area contributed by atoms with Crippen molar-refractivity contribution in [3.05, 3.63) is 48.6 Å². The lowest BCUT2D eigenvalue weighted by molar-refractivity contribution is -0.116. The second kappa shape index (κ2) is 7.22. The van der Waals surface area contributed by atoms with Crippen molar-refractivity contribution >= 4 is 11.6 Å². The molecule has 1 aliphatic heterocycles. The van der Waals surface area contributed by atoms with E-state index in [1.807, 2.05) is 0 Å². The lowest BCUT2D eigenvalue weighted by atomic mass is 10.2. The fraction of sp³-hybridized carbons (Fsp3) is 0.222. The summed E-state index contributed by atoms with van der Waals surface area (Å²) in [6.45, 7) is 1.03. The van der Waals surface area contributed by atoms with E-state index in [1.165, 1.54) is 0 Å². The maximum atomic E-state index is 12.1. The molecule has 0 spiro atoms. The van der Waals surface area contributed by atoms with Crippen LogP contribution in [0.4, 0.5) is 5.69 Å². The summed E-state index contributed by atoms with van der Waals surface area (Å²) < 4.78 is 16.5. The first-order chi connectivity index (χ1) is 12.8. The van der Waals surface area contributed by atoms with Crippen molar-refractivity contribution in [2.45, 2.75) is 12.8 Å². The number of fused-ring (bicyclic) bond motifs is 1. The molecule has 2 aromatic heterocycles. The number of aryl methyl sites for hydroxylation is 1. The Morgan fingerprint density at radius 2 is 1.85 bits per heavy atom. The average Bonchev–Trinajstić information content (AvgIpc) is 3.16. The summed E-state index contributed by atoms with van der Waals surface area (Å²) in [5.74, 6) is 1.99. The van der Waals surface area contributed by atoms with Crippen molar-refractivity contribution in [3.63, 3.8) is 0 Å². The predicted octanol–water partition coefficient (Wildman–Crippen LogP) is 2.47. The predicted molar refractivity (Wildman–Crippen MR) is 91.9 cm³/mol. The standard InChI is InChI=1S/C18H16N4O4/c23-16(20-13-1-2-14-15(11-13)25-10-9-24-14)3-4-17-21-22-18(26-17)12-5-7-19-8-6-12/h1-2,5-8,11H,3-4,9-10H2,(H,20,23). The number of nitrogens with zero attached hydrogens (tertiary/aromatic N) is 3. The van der Waals surface area contributed by atoms with Gasteiger partial charge in [-0.05, 0) is 24.3 Å². The Hall–Kier alpha value is -3.42. The first-order valence-electron chi connectivity index (χ1n) is 8.20. The van der Waals surface area contributed by atoms with Crippen LogP contribution in [-0.4, -0.2) is 34.3 Å². The molecule has 3 aromatic rings. The Balaban J connectivity index is 1.34. The lowest BCUT2D eigenvalue weighted by Crippen LogP contribution is -2.16. The summed E-state index contributed by atoms with van der Waals surface area (Å²) in [5, 5.41) is 10.8. The van der Waals surface area contributed by atoms with E-state index in [0.717, 1.165) is 5.56 Å². The number of carbonyl (C=O) groups excluding carboxylic acids is 1. The first kappa shape index (κ1) is 16.1. The van der Waals surface area contributed by atoms with E-state index in [4.69, 9.17) is 13.9 Å². The van der Waals surface area contributed by atoms with Crippen LogP contribution < -0.4 is 14.8 Å². The molecule has 0 unspecified atom stereocenters. The molecule has 4 rings (SSSR count). The Bertz CT molecular complexity index is 911. The van der Waals surface area contributed by atoms with Gasteiger partial charge in [0.2, 0.25) is 17.7 Å². The highest BCUT2D eigenvalue weighted by molar-refractivity contribution is 5.91. The van der Waals surface area contributed by atoms with Crippen LogP contribution in [0.1, 0.15) is 12.3 Å². The third-order valence-corrected chi connectivity index (χ3v) is 3.79. The van der Waals surface area contributed by atoms with Gasteiger partial charge in [0.25, 0.3) is 0 Å². The number of hydrogen-bond acceptors (Lipinski definition) is 7. The summed E-state index contributed by atoms with van der Waals surface area (Å²) in [6, 6.07) is 8.88. The van der Waals surface area contributed by atoms with Crippen molar-refractivity contribution in [2.75, 3.05) is 18.5 Å². The number of ether oxygens (including phenoxy) is 2. The highest BCUT2D eigenvalue weighted by atomic mass is 16.6. The average molecular weight is 352 g/mol. The van der Waals surface area contributed by atoms with Gasteiger partial charge in [0.15, 0.2) is 11.5 Å². The van der Waals surface area contributed by atoms with Gasteiger partial charge >= 0.3 is 0 Å². The molecule has 1 aliphatic rings. The van der Waals surface area contributed by atoms with Gasteiger partial charge in [0.1, 0.15) is 13.2 Å². The molecule has 0 bridgehead atoms. The van der Waals surface area contributed by atoms with E-state index < -0.39 is 0 Å². The van der Waals surface area contributed by atoms with E-state index in [-0.39, 0.29) is 12.3 Å². The minimum absolute atomic E-state index is 0.148. The molecule has 3 heterocycles. The van der Waals surface area contributed by atoms with Crippen LogP contribution in [0, 0.1) is 0 Å². The second-order valence-electron chi connectivity index (χ2n) is 5.64. The third kappa shape index (κ3) is 3.64. The van der Waals surface area contributed by atoms with Crippen LogP contribution in [0.3, 0.4) is 0 Å². The van der Waals surface area contributed by atoms with Crippen LogP contribution in [0.25, 0.3) is 11.5 Å². The van der Waals surface area contributed by atoms with Gasteiger partial charge in [-0.25, -0.2) is 0 Å². The summed E-state index contributed by atoms with van der Waals surface area (Å²) in [4.78, 5) is 16.1. The highest BCUT2D eigenvalue weighted by Crippen LogP contribution is 2.32. The Morgan fingerprint density at radius 1 is 1.04 bits per heavy atom. The molecular weight excluding hydrogens is 336 g/mol. The van der Waals surface area contributed by atoms with Gasteiger partial charge in [0, 0.05) is 42.6 Å². The number of aromatic nitrogens is 3. The third-order valence-electron chi connectivity index (χ3n) is 3.79. The van der Waals surface area contributed by atoms with Gasteiger partial charge in [0.05, 0.1) is 0 Å². The first-order valence-corrected chi connectivity index (χ1v) is 8.20. The largest absolute Gasteiger partial charge is 0.486 e. The fourth-order valence-corrected chi connectivity index (χ4v) is 2.53. The Morgan fingerprint density at radius 3 is 2.69 bits per heavy atom. The zero-order valence-corrected chi connectivity index (χ0v) is 13.8. The molecule has 8 nitrogen and oxygen atoms in total. The van der Waals surface area contributed by atoms with Crippen molar-refractivity contribution in [1.82, 2.24) is 15.2 Å². The zero-order chi connectivity index (χ0) is 17.8. The summed E-state index contributed by atoms with van der Waals surface area (Å²) in [6.07, 6.45) is 3.89. The maximum absolute atomic E-state index is 12.1. The quantitative estimate of drug-likeness (QED) is 0.753. The second-order valence-corrected chi connectivity index (χ2v) is 5.64. The van der Waals surface area contributed by atoms with Crippen molar-refractivity contribution in [3.8, 4) is 23.0 Å². The molecule has 132 valence electrons. The molecule has 1 N–H and O–H groups in total. The SMILES string of the molecule is O=C(CCc1nnc(-c2ccncc2)o1)Nc1ccc2c(c1)OCCO2. The van der Waals surface area contributed by atoms with Crippen molar-refractivity contribution in [2.24, 2.45) is 0 Å². The van der Waals surface area contributed by atoms with Gasteiger partial charge in [-0.2, -0.15) is 0 Å². The number of anilines is 1. The fourth-order valence-electron chi connectivity index (χ4n) is 2.53. The smallest absolute Gasteiger partial charge is 0.247 e. The molecule has 8 heteroatoms. The number of nitrogens with one attached hydrogen (secondary N) is 1. The minimum Gasteiger partial charge on any atom is -0.486 e. The number of benzene rings is 1. The highest BCUT2D eigenvalue weighted by Gasteiger charge is 2.14. The number of hydrogen-bond donors (Lipinski definition) is 1. The molecular formula is C18H16N4O4. The lowest BCUT2D eigenvalue weighted by Gasteiger charge is -2.18. The van der Waals surface area contributed by atoms with Crippen LogP contribution in [-0.2, 0) is 11.2 Å². The Labute approximate surface area is 149 Å². The van der Waals surface area contributed by atoms with Gasteiger partial charge in [-0.3, -0.25) is 9.78 Å². The molecule has 1 amide bonds. The monoisotopic (exact) mass is 352 g/mol. The summed E-state index contributed by atoms with van der Waals surface area (Å²) in [7, 11) is 0. The van der Waals surface area contributed by atoms with E-state index in [1.54, 1.807) is 42.7 Å². The topological polar surface area (TPSA) is 99.4 Å². The number of rotatable bonds is 5. The van der Waals surface area contributed by atoms with E-state index in [0.29, 0.717) is 48.6 Å². The van der Waals surface area contributed by atoms with E-state index in [9.17, 15) is 4.79 Å². The van der Waals surface area contributed by atoms with E-state index >= 15 is 0 Å². The molecule has 0 atom stereocenters. The molecule has 0 saturated carbocycles. The van der Waals surface area contributed by atoms with Crippen LogP contribution in [0.5, 0.6) is 11.5 Å². The van der Waals surface area contributed by atoms with E-state index in [2.05, 4.69) is 20.5 Å². The molecule has 1 aromatic carbocycles. The maximum Gasteiger partial charge on any atom is 0.247 e. The molecule has 0 aliphatic carbocycles. The van der Waals surface area contributed by atoms with Gasteiger partial charge < -0.3 is 19.2 Å². The number of carbonyl (C=O) groups is 1. The molecule has 0 fully saturated rings. The van der Waals surface area contributed by atoms with Crippen LogP contribution >= 0.6 is 0 Å². The van der Waals surface area contributed by atoms with Crippen molar-refractivity contribution in [1.29, 1.82) is 0 Å². The zero-order valence-electron chi connectivity index (χ0n) is 13.8. The summed E-state index contributed by atoms with van der Waals surface area (Å²) >= 11 is 0. The number of pyridine rings is 1. The normalized spacial score (nSPS) is 12.6. The Kier molecular flexibility index (Phi) is 4.46. The molecule has 0 radical (unpaired) electrons. The van der Waals surface area contributed by atoms with Crippen molar-refractivity contribution < 1.29 is 18.7 Å². The molecule has 0 saturated heterocycles. The minimum atomic E-state index is -0.148. The number of amides is 1. The molecule has 26 heavy (non-hydrogen) atoms. The van der Waals surface area contributed by atoms with Crippen LogP contribution in [0.15, 0.2) is 47.1 Å².